The molecule has 0 saturated carbocycles. The molecule has 1 aliphatic rings. The summed E-state index contributed by atoms with van der Waals surface area (Å²) < 4.78 is 0. The Morgan fingerprint density at radius 2 is 1.84 bits per heavy atom. The van der Waals surface area contributed by atoms with Crippen LogP contribution in [0, 0.1) is 0 Å². The zero-order valence-corrected chi connectivity index (χ0v) is 19.3. The lowest BCUT2D eigenvalue weighted by atomic mass is 9.98. The van der Waals surface area contributed by atoms with Crippen LogP contribution in [0.5, 0.6) is 0 Å². The third-order valence-electron chi connectivity index (χ3n) is 5.46. The molecule has 1 atom stereocenters. The Kier molecular flexibility index (Phi) is 7.87. The summed E-state index contributed by atoms with van der Waals surface area (Å²) in [6.07, 6.45) is 1.85. The predicted molar refractivity (Wildman–Crippen MR) is 130 cm³/mol. The van der Waals surface area contributed by atoms with Gasteiger partial charge in [0.15, 0.2) is 5.96 Å². The van der Waals surface area contributed by atoms with E-state index in [2.05, 4.69) is 40.1 Å². The van der Waals surface area contributed by atoms with Gasteiger partial charge in [-0.25, -0.2) is 0 Å². The number of hydrogen-bond donors (Lipinski definition) is 4. The van der Waals surface area contributed by atoms with E-state index < -0.39 is 0 Å². The van der Waals surface area contributed by atoms with Crippen molar-refractivity contribution in [1.82, 2.24) is 16.0 Å². The summed E-state index contributed by atoms with van der Waals surface area (Å²) in [5, 5.41) is 12.4. The average molecular weight is 436 g/mol. The molecule has 7 heteroatoms. The summed E-state index contributed by atoms with van der Waals surface area (Å²) in [5.74, 6) is 0.461. The zero-order chi connectivity index (χ0) is 23.1. The first-order valence-electron chi connectivity index (χ1n) is 11.3. The van der Waals surface area contributed by atoms with Crippen LogP contribution in [-0.4, -0.2) is 36.9 Å². The maximum Gasteiger partial charge on any atom is 0.257 e. The molecular weight excluding hydrogens is 402 g/mol. The molecule has 0 bridgehead atoms. The zero-order valence-electron chi connectivity index (χ0n) is 19.3. The molecule has 2 aromatic carbocycles. The van der Waals surface area contributed by atoms with Crippen LogP contribution >= 0.6 is 0 Å². The maximum absolute atomic E-state index is 12.7. The third kappa shape index (κ3) is 6.09. The average Bonchev–Trinajstić information content (AvgIpc) is 2.79. The molecule has 0 saturated heterocycles. The molecule has 1 unspecified atom stereocenters. The predicted octanol–water partition coefficient (Wildman–Crippen LogP) is 4.16. The summed E-state index contributed by atoms with van der Waals surface area (Å²) in [7, 11) is 0. The number of anilines is 2. The number of benzene rings is 2. The molecule has 4 N–H and O–H groups in total. The number of amides is 2. The molecular formula is C25H33N5O2. The van der Waals surface area contributed by atoms with E-state index in [0.29, 0.717) is 17.1 Å². The van der Waals surface area contributed by atoms with Gasteiger partial charge in [0.2, 0.25) is 0 Å². The lowest BCUT2D eigenvalue weighted by Gasteiger charge is -2.18. The second-order valence-corrected chi connectivity index (χ2v) is 8.41. The molecule has 0 fully saturated rings. The number of carbonyl (C=O) groups is 2. The Bertz CT molecular complexity index is 1000. The van der Waals surface area contributed by atoms with Crippen molar-refractivity contribution in [3.05, 3.63) is 59.2 Å². The van der Waals surface area contributed by atoms with E-state index in [1.807, 2.05) is 50.2 Å². The molecule has 0 radical (unpaired) electrons. The van der Waals surface area contributed by atoms with Gasteiger partial charge < -0.3 is 16.0 Å². The van der Waals surface area contributed by atoms with Crippen LogP contribution in [0.1, 0.15) is 72.7 Å². The number of nitrogens with zero attached hydrogens (tertiary/aromatic N) is 1. The minimum atomic E-state index is -0.185. The summed E-state index contributed by atoms with van der Waals surface area (Å²) in [6, 6.07) is 13.2. The van der Waals surface area contributed by atoms with Crippen molar-refractivity contribution in [2.75, 3.05) is 18.4 Å². The lowest BCUT2D eigenvalue weighted by molar-refractivity contribution is 0.0937. The van der Waals surface area contributed by atoms with E-state index in [0.717, 1.165) is 42.9 Å². The fourth-order valence-corrected chi connectivity index (χ4v) is 3.39. The van der Waals surface area contributed by atoms with Crippen molar-refractivity contribution in [1.29, 1.82) is 0 Å². The van der Waals surface area contributed by atoms with Crippen LogP contribution < -0.4 is 21.3 Å². The standard InChI is InChI=1S/C25H33N5O2/c1-5-17(4)28-23(31)18-8-6-9-20(14-18)29-22-11-10-19(15-21(22)16(2)3)24(32)30-25-26-12-7-13-27-25/h6,8-11,14-17,29H,5,7,12-13H2,1-4H3,(H,28,31)(H2,26,27,30,32). The number of carbonyl (C=O) groups excluding carboxylic acids is 2. The van der Waals surface area contributed by atoms with Gasteiger partial charge in [-0.3, -0.25) is 19.9 Å². The second-order valence-electron chi connectivity index (χ2n) is 8.41. The molecule has 3 rings (SSSR count). The topological polar surface area (TPSA) is 94.6 Å². The third-order valence-corrected chi connectivity index (χ3v) is 5.46. The minimum absolute atomic E-state index is 0.0849. The van der Waals surface area contributed by atoms with Gasteiger partial charge in [-0.05, 0) is 67.6 Å². The molecule has 1 heterocycles. The van der Waals surface area contributed by atoms with E-state index in [1.54, 1.807) is 6.07 Å². The van der Waals surface area contributed by atoms with E-state index in [9.17, 15) is 9.59 Å². The van der Waals surface area contributed by atoms with Crippen LogP contribution in [0.4, 0.5) is 11.4 Å². The molecule has 2 aromatic rings. The number of aliphatic imine (C=N–C) groups is 1. The number of hydrogen-bond acceptors (Lipinski definition) is 5. The molecule has 0 aromatic heterocycles. The number of nitrogens with one attached hydrogen (secondary N) is 4. The molecule has 0 aliphatic carbocycles. The van der Waals surface area contributed by atoms with Crippen molar-refractivity contribution < 1.29 is 9.59 Å². The van der Waals surface area contributed by atoms with E-state index in [1.165, 1.54) is 0 Å². The summed E-state index contributed by atoms with van der Waals surface area (Å²) >= 11 is 0. The van der Waals surface area contributed by atoms with E-state index in [-0.39, 0.29) is 23.8 Å². The Morgan fingerprint density at radius 3 is 2.53 bits per heavy atom. The van der Waals surface area contributed by atoms with Crippen molar-refractivity contribution in [3.8, 4) is 0 Å². The highest BCUT2D eigenvalue weighted by Crippen LogP contribution is 2.29. The molecule has 0 spiro atoms. The Labute approximate surface area is 190 Å². The first-order valence-corrected chi connectivity index (χ1v) is 11.3. The second kappa shape index (κ2) is 10.8. The van der Waals surface area contributed by atoms with Gasteiger partial charge in [-0.1, -0.05) is 26.8 Å². The van der Waals surface area contributed by atoms with Crippen molar-refractivity contribution >= 4 is 29.1 Å². The van der Waals surface area contributed by atoms with E-state index in [4.69, 9.17) is 0 Å². The van der Waals surface area contributed by atoms with Gasteiger partial charge >= 0.3 is 0 Å². The first-order chi connectivity index (χ1) is 15.4. The Balaban J connectivity index is 1.78. The van der Waals surface area contributed by atoms with Crippen LogP contribution in [0.25, 0.3) is 0 Å². The highest BCUT2D eigenvalue weighted by Gasteiger charge is 2.15. The van der Waals surface area contributed by atoms with Crippen LogP contribution in [0.3, 0.4) is 0 Å². The molecule has 32 heavy (non-hydrogen) atoms. The van der Waals surface area contributed by atoms with E-state index >= 15 is 0 Å². The molecule has 7 nitrogen and oxygen atoms in total. The fraction of sp³-hybridized carbons (Fsp3) is 0.400. The van der Waals surface area contributed by atoms with Crippen LogP contribution in [0.15, 0.2) is 47.5 Å². The van der Waals surface area contributed by atoms with Crippen LogP contribution in [0.2, 0.25) is 0 Å². The monoisotopic (exact) mass is 435 g/mol. The Morgan fingerprint density at radius 1 is 1.06 bits per heavy atom. The summed E-state index contributed by atoms with van der Waals surface area (Å²) in [6.45, 7) is 9.74. The first kappa shape index (κ1) is 23.3. The molecule has 2 amide bonds. The summed E-state index contributed by atoms with van der Waals surface area (Å²) in [5.41, 5.74) is 3.94. The van der Waals surface area contributed by atoms with Gasteiger partial charge in [0.1, 0.15) is 0 Å². The minimum Gasteiger partial charge on any atom is -0.356 e. The van der Waals surface area contributed by atoms with Gasteiger partial charge in [0, 0.05) is 41.6 Å². The number of guanidine groups is 1. The fourth-order valence-electron chi connectivity index (χ4n) is 3.39. The lowest BCUT2D eigenvalue weighted by Crippen LogP contribution is -2.43. The number of rotatable bonds is 7. The van der Waals surface area contributed by atoms with Crippen LogP contribution in [-0.2, 0) is 0 Å². The largest absolute Gasteiger partial charge is 0.356 e. The quantitative estimate of drug-likeness (QED) is 0.525. The van der Waals surface area contributed by atoms with Crippen molar-refractivity contribution in [2.24, 2.45) is 4.99 Å². The maximum atomic E-state index is 12.7. The van der Waals surface area contributed by atoms with Gasteiger partial charge in [-0.15, -0.1) is 0 Å². The van der Waals surface area contributed by atoms with Crippen molar-refractivity contribution in [3.63, 3.8) is 0 Å². The van der Waals surface area contributed by atoms with Gasteiger partial charge in [0.05, 0.1) is 0 Å². The summed E-state index contributed by atoms with van der Waals surface area (Å²) in [4.78, 5) is 29.5. The highest BCUT2D eigenvalue weighted by atomic mass is 16.2. The van der Waals surface area contributed by atoms with Crippen molar-refractivity contribution in [2.45, 2.75) is 52.5 Å². The highest BCUT2D eigenvalue weighted by molar-refractivity contribution is 6.06. The SMILES string of the molecule is CCC(C)NC(=O)c1cccc(Nc2ccc(C(=O)NC3=NCCCN3)cc2C(C)C)c1. The van der Waals surface area contributed by atoms with Gasteiger partial charge in [0.25, 0.3) is 11.8 Å². The molecule has 170 valence electrons. The van der Waals surface area contributed by atoms with Gasteiger partial charge in [-0.2, -0.15) is 0 Å². The smallest absolute Gasteiger partial charge is 0.257 e. The Hall–Kier alpha value is -3.35. The normalized spacial score (nSPS) is 14.2. The molecule has 1 aliphatic heterocycles.